The van der Waals surface area contributed by atoms with Gasteiger partial charge in [-0.2, -0.15) is 12.8 Å². The van der Waals surface area contributed by atoms with Crippen molar-refractivity contribution in [3.63, 3.8) is 0 Å². The molecular weight excluding hydrogens is 402 g/mol. The molecule has 0 saturated carbocycles. The molecule has 0 aliphatic carbocycles. The molecule has 2 rings (SSSR count). The monoisotopic (exact) mass is 444 g/mol. The summed E-state index contributed by atoms with van der Waals surface area (Å²) in [6, 6.07) is 4.37. The minimum atomic E-state index is -1.07. The van der Waals surface area contributed by atoms with E-state index in [1.54, 1.807) is 0 Å². The van der Waals surface area contributed by atoms with E-state index >= 15 is 0 Å². The van der Waals surface area contributed by atoms with Gasteiger partial charge in [-0.3, -0.25) is 9.18 Å². The van der Waals surface area contributed by atoms with Crippen LogP contribution < -0.4 is 24.2 Å². The van der Waals surface area contributed by atoms with Gasteiger partial charge in [0.2, 0.25) is 0 Å². The molecule has 1 aromatic rings. The molecule has 7 heteroatoms. The second kappa shape index (κ2) is 20.5. The average molecular weight is 445 g/mol. The number of methoxy groups -OCH3 is 1. The molecule has 5 nitrogen and oxygen atoms in total. The zero-order chi connectivity index (χ0) is 23.6. The number of alkyl halides is 1. The number of halogens is 1. The molecule has 1 N–H and O–H groups in total. The molecule has 180 valence electrons. The second-order valence-corrected chi connectivity index (χ2v) is 8.06. The molecule has 1 aromatic heterocycles. The number of aromatic nitrogens is 1. The Bertz CT molecular complexity index is 601. The van der Waals surface area contributed by atoms with E-state index in [0.29, 0.717) is 18.9 Å². The molecule has 0 unspecified atom stereocenters. The van der Waals surface area contributed by atoms with Gasteiger partial charge >= 0.3 is 24.8 Å². The van der Waals surface area contributed by atoms with E-state index in [0.717, 1.165) is 31.6 Å². The Hall–Kier alpha value is -1.09. The van der Waals surface area contributed by atoms with E-state index in [9.17, 15) is 9.18 Å². The topological polar surface area (TPSA) is 60.5 Å². The quantitative estimate of drug-likeness (QED) is 0.360. The van der Waals surface area contributed by atoms with Crippen molar-refractivity contribution in [2.45, 2.75) is 65.5 Å². The van der Waals surface area contributed by atoms with Crippen molar-refractivity contribution in [3.8, 4) is 0 Å². The summed E-state index contributed by atoms with van der Waals surface area (Å²) in [4.78, 5) is 15.6. The van der Waals surface area contributed by atoms with Crippen LogP contribution in [0.5, 0.6) is 0 Å². The van der Waals surface area contributed by atoms with Crippen LogP contribution in [0.4, 0.5) is 10.2 Å². The van der Waals surface area contributed by atoms with E-state index < -0.39 is 6.17 Å². The first-order chi connectivity index (χ1) is 14.7. The van der Waals surface area contributed by atoms with Crippen molar-refractivity contribution in [1.82, 2.24) is 4.98 Å². The number of nitrogens with zero attached hydrogens (tertiary/aromatic N) is 1. The maximum Gasteiger partial charge on any atom is 1.00 e. The van der Waals surface area contributed by atoms with Gasteiger partial charge in [0.25, 0.3) is 0 Å². The third-order valence-electron chi connectivity index (χ3n) is 4.38. The van der Waals surface area contributed by atoms with Gasteiger partial charge < -0.3 is 35.6 Å². The third-order valence-corrected chi connectivity index (χ3v) is 4.38. The average Bonchev–Trinajstić information content (AvgIpc) is 2.76. The van der Waals surface area contributed by atoms with Crippen LogP contribution in [0.1, 0.15) is 57.7 Å². The molecule has 2 heterocycles. The van der Waals surface area contributed by atoms with Gasteiger partial charge in [0.15, 0.2) is 0 Å². The van der Waals surface area contributed by atoms with E-state index in [4.69, 9.17) is 4.74 Å². The van der Waals surface area contributed by atoms with E-state index in [-0.39, 0.29) is 37.4 Å². The van der Waals surface area contributed by atoms with Gasteiger partial charge in [-0.05, 0) is 43.0 Å². The normalized spacial score (nSPS) is 13.7. The van der Waals surface area contributed by atoms with Crippen LogP contribution in [0.3, 0.4) is 0 Å². The van der Waals surface area contributed by atoms with Gasteiger partial charge in [-0.1, -0.05) is 33.3 Å². The molecule has 0 bridgehead atoms. The zero-order valence-electron chi connectivity index (χ0n) is 20.9. The number of carbonyl (C=O) groups excluding carboxylic acids is 1. The Kier molecular flexibility index (Phi) is 21.2. The maximum atomic E-state index is 11.5. The fourth-order valence-corrected chi connectivity index (χ4v) is 2.50. The SMILES string of the molecule is [CH2-]CCCc1ccc2c(n1)NCCC2.[CH2-]C[C@H](C)C(=O)OCC(C)C.[CH2-][C@H](F)COC.[Li+]. The van der Waals surface area contributed by atoms with Crippen molar-refractivity contribution in [2.75, 3.05) is 32.2 Å². The molecule has 0 saturated heterocycles. The summed E-state index contributed by atoms with van der Waals surface area (Å²) in [5.74, 6) is 1.33. The van der Waals surface area contributed by atoms with E-state index in [1.807, 2.05) is 20.8 Å². The Morgan fingerprint density at radius 2 is 1.94 bits per heavy atom. The predicted octanol–water partition coefficient (Wildman–Crippen LogP) is 2.45. The summed E-state index contributed by atoms with van der Waals surface area (Å²) in [5, 5.41) is 3.35. The Labute approximate surface area is 207 Å². The Morgan fingerprint density at radius 1 is 1.25 bits per heavy atom. The van der Waals surface area contributed by atoms with Crippen LogP contribution in [0, 0.1) is 32.6 Å². The molecule has 32 heavy (non-hydrogen) atoms. The molecular formula is C25H42FLiN2O3-2. The number of anilines is 1. The molecule has 0 aromatic carbocycles. The first-order valence-corrected chi connectivity index (χ1v) is 11.2. The number of ether oxygens (including phenoxy) is 2. The molecule has 0 fully saturated rings. The largest absolute Gasteiger partial charge is 1.00 e. The summed E-state index contributed by atoms with van der Waals surface area (Å²) in [6.07, 6.45) is 5.11. The molecule has 1 aliphatic heterocycles. The molecule has 0 amide bonds. The number of pyridine rings is 1. The van der Waals surface area contributed by atoms with Crippen molar-refractivity contribution in [1.29, 1.82) is 0 Å². The number of hydrogen-bond acceptors (Lipinski definition) is 5. The fraction of sp³-hybridized carbons (Fsp3) is 0.640. The zero-order valence-corrected chi connectivity index (χ0v) is 20.9. The molecule has 0 spiro atoms. The standard InChI is InChI=1S/C12H17N2.C9H17O2.C4H8FO.Li/c1-2-3-6-11-8-7-10-5-4-9-13-12(10)14-11;1-5-8(4)9(10)11-6-7(2)3;1-4(5)3-6-2;/h7-8H,1-6,9H2,(H,13,14);7-8H,1,5-6H2,2-4H3;4H,1,3H2,2H3;/q3*-1;+1/t;8-;4-;/m.00./s1. The smallest absolute Gasteiger partial charge is 0.465 e. The van der Waals surface area contributed by atoms with Crippen LogP contribution >= 0.6 is 0 Å². The van der Waals surface area contributed by atoms with Crippen molar-refractivity contribution >= 4 is 11.8 Å². The molecule has 2 atom stereocenters. The summed E-state index contributed by atoms with van der Waals surface area (Å²) >= 11 is 0. The molecule has 1 aliphatic rings. The van der Waals surface area contributed by atoms with E-state index in [1.165, 1.54) is 31.2 Å². The molecule has 0 radical (unpaired) electrons. The first-order valence-electron chi connectivity index (χ1n) is 11.2. The Morgan fingerprint density at radius 3 is 2.44 bits per heavy atom. The Balaban J connectivity index is 0. The van der Waals surface area contributed by atoms with E-state index in [2.05, 4.69) is 47.9 Å². The number of carbonyl (C=O) groups is 1. The number of nitrogens with one attached hydrogen (secondary N) is 1. The number of aryl methyl sites for hydroxylation is 2. The number of fused-ring (bicyclic) bond motifs is 1. The van der Waals surface area contributed by atoms with Gasteiger partial charge in [-0.15, -0.1) is 0 Å². The number of hydrogen-bond donors (Lipinski definition) is 1. The van der Waals surface area contributed by atoms with Crippen LogP contribution in [-0.4, -0.2) is 44.0 Å². The van der Waals surface area contributed by atoms with Crippen molar-refractivity contribution in [3.05, 3.63) is 44.2 Å². The summed E-state index contributed by atoms with van der Waals surface area (Å²) in [5.41, 5.74) is 2.57. The summed E-state index contributed by atoms with van der Waals surface area (Å²) < 4.78 is 20.8. The van der Waals surface area contributed by atoms with Crippen molar-refractivity contribution < 1.29 is 37.5 Å². The number of esters is 1. The summed E-state index contributed by atoms with van der Waals surface area (Å²) in [7, 11) is 1.44. The maximum absolute atomic E-state index is 11.5. The predicted molar refractivity (Wildman–Crippen MR) is 126 cm³/mol. The van der Waals surface area contributed by atoms with Gasteiger partial charge in [-0.25, -0.2) is 4.98 Å². The second-order valence-electron chi connectivity index (χ2n) is 8.06. The van der Waals surface area contributed by atoms with Crippen LogP contribution in [0.2, 0.25) is 0 Å². The summed E-state index contributed by atoms with van der Waals surface area (Å²) in [6.45, 7) is 18.1. The first kappa shape index (κ1) is 33.1. The number of rotatable bonds is 9. The van der Waals surface area contributed by atoms with Crippen LogP contribution in [-0.2, 0) is 27.1 Å². The van der Waals surface area contributed by atoms with Crippen LogP contribution in [0.15, 0.2) is 12.1 Å². The van der Waals surface area contributed by atoms with Crippen LogP contribution in [0.25, 0.3) is 0 Å². The fourth-order valence-electron chi connectivity index (χ4n) is 2.50. The van der Waals surface area contributed by atoms with Gasteiger partial charge in [0, 0.05) is 31.9 Å². The minimum absolute atomic E-state index is 0. The third kappa shape index (κ3) is 16.5. The van der Waals surface area contributed by atoms with Crippen molar-refractivity contribution in [2.24, 2.45) is 11.8 Å². The van der Waals surface area contributed by atoms with Gasteiger partial charge in [0.1, 0.15) is 5.82 Å². The van der Waals surface area contributed by atoms with Gasteiger partial charge in [0.05, 0.1) is 6.61 Å². The number of unbranched alkanes of at least 4 members (excludes halogenated alkanes) is 1. The minimum Gasteiger partial charge on any atom is -0.465 e.